The second kappa shape index (κ2) is 14.6. The van der Waals surface area contributed by atoms with Crippen molar-refractivity contribution in [2.45, 2.75) is 19.4 Å². The lowest BCUT2D eigenvalue weighted by molar-refractivity contribution is -0.136. The van der Waals surface area contributed by atoms with Crippen LogP contribution in [0.25, 0.3) is 11.1 Å². The van der Waals surface area contributed by atoms with Crippen LogP contribution in [-0.2, 0) is 4.79 Å². The molecule has 0 bridgehead atoms. The Hall–Kier alpha value is -5.81. The van der Waals surface area contributed by atoms with Crippen molar-refractivity contribution >= 4 is 35.3 Å². The predicted molar refractivity (Wildman–Crippen MR) is 174 cm³/mol. The normalized spacial score (nSPS) is 11.3. The molecule has 0 aliphatic carbocycles. The summed E-state index contributed by atoms with van der Waals surface area (Å²) in [6, 6.07) is 31.2. The number of rotatable bonds is 12. The number of benzene rings is 4. The van der Waals surface area contributed by atoms with Crippen LogP contribution in [0.1, 0.15) is 29.4 Å². The van der Waals surface area contributed by atoms with Gasteiger partial charge in [0, 0.05) is 17.8 Å². The molecule has 1 heterocycles. The largest absolute Gasteiger partial charge is 0.495 e. The van der Waals surface area contributed by atoms with Crippen LogP contribution in [0.15, 0.2) is 103 Å². The van der Waals surface area contributed by atoms with Crippen molar-refractivity contribution < 1.29 is 19.4 Å². The number of urea groups is 1. The van der Waals surface area contributed by atoms with E-state index in [2.05, 4.69) is 31.2 Å². The Bertz CT molecular complexity index is 1780. The number of aromatic nitrogens is 3. The zero-order chi connectivity index (χ0) is 31.6. The molecule has 11 heteroatoms. The minimum absolute atomic E-state index is 0.00946. The summed E-state index contributed by atoms with van der Waals surface area (Å²) in [7, 11) is 1.52. The van der Waals surface area contributed by atoms with Gasteiger partial charge in [-0.2, -0.15) is 15.0 Å². The maximum absolute atomic E-state index is 13.1. The zero-order valence-corrected chi connectivity index (χ0v) is 24.8. The second-order valence-corrected chi connectivity index (χ2v) is 10.1. The van der Waals surface area contributed by atoms with Gasteiger partial charge in [0.05, 0.1) is 25.3 Å². The highest BCUT2D eigenvalue weighted by atomic mass is 16.5. The van der Waals surface area contributed by atoms with Gasteiger partial charge >= 0.3 is 12.0 Å². The first-order valence-corrected chi connectivity index (χ1v) is 14.3. The smallest absolute Gasteiger partial charge is 0.326 e. The first-order chi connectivity index (χ1) is 21.9. The predicted octanol–water partition coefficient (Wildman–Crippen LogP) is 6.40. The van der Waals surface area contributed by atoms with Gasteiger partial charge in [-0.15, -0.1) is 0 Å². The second-order valence-electron chi connectivity index (χ2n) is 10.1. The van der Waals surface area contributed by atoms with Crippen LogP contribution >= 0.6 is 0 Å². The molecule has 1 aromatic heterocycles. The van der Waals surface area contributed by atoms with E-state index in [0.29, 0.717) is 11.4 Å². The summed E-state index contributed by atoms with van der Waals surface area (Å²) >= 11 is 0. The lowest BCUT2D eigenvalue weighted by Crippen LogP contribution is -2.28. The Labute approximate surface area is 260 Å². The summed E-state index contributed by atoms with van der Waals surface area (Å²) in [5.41, 5.74) is 4.98. The number of carbonyl (C=O) groups excluding carboxylic acids is 1. The molecule has 0 saturated heterocycles. The van der Waals surface area contributed by atoms with E-state index >= 15 is 0 Å². The number of para-hydroxylation sites is 3. The van der Waals surface area contributed by atoms with E-state index in [1.54, 1.807) is 24.3 Å². The number of carbonyl (C=O) groups is 2. The number of carboxylic acid groups (broad SMARTS) is 1. The maximum Gasteiger partial charge on any atom is 0.326 e. The number of anilines is 4. The molecule has 0 aliphatic rings. The van der Waals surface area contributed by atoms with Crippen LogP contribution in [0.5, 0.6) is 5.75 Å². The van der Waals surface area contributed by atoms with Crippen LogP contribution in [0.2, 0.25) is 0 Å². The maximum atomic E-state index is 13.1. The van der Waals surface area contributed by atoms with Crippen LogP contribution < -0.4 is 26.0 Å². The number of nitrogens with zero attached hydrogens (tertiary/aromatic N) is 3. The van der Waals surface area contributed by atoms with E-state index in [1.807, 2.05) is 85.8 Å². The summed E-state index contributed by atoms with van der Waals surface area (Å²) in [6.07, 6.45) is -0.102. The number of carboxylic acids is 1. The van der Waals surface area contributed by atoms with Gasteiger partial charge in [-0.05, 0) is 36.2 Å². The summed E-state index contributed by atoms with van der Waals surface area (Å²) in [4.78, 5) is 38.3. The molecule has 45 heavy (non-hydrogen) atoms. The van der Waals surface area contributed by atoms with Gasteiger partial charge < -0.3 is 25.8 Å². The van der Waals surface area contributed by atoms with E-state index in [4.69, 9.17) is 9.72 Å². The first kappa shape index (κ1) is 30.6. The molecule has 1 atom stereocenters. The molecule has 0 spiro atoms. The fourth-order valence-electron chi connectivity index (χ4n) is 4.75. The summed E-state index contributed by atoms with van der Waals surface area (Å²) in [6.45, 7) is 2.13. The molecular weight excluding hydrogens is 570 g/mol. The summed E-state index contributed by atoms with van der Waals surface area (Å²) in [5.74, 6) is 0.0223. The molecule has 11 nitrogen and oxygen atoms in total. The van der Waals surface area contributed by atoms with E-state index in [1.165, 1.54) is 7.11 Å². The molecule has 2 amide bonds. The number of methoxy groups -OCH3 is 1. The standard InChI is InChI=1S/C34H33N7O4/c1-22-11-10-14-24(21-22)30(35-20-19-29(42)43)31-38-32(36-26-16-7-6-15-25(26)23-12-4-3-5-13-23)40-33(39-31)41-34(44)37-27-17-8-9-18-28(27)45-2/h3-18,21,30,35H,19-20H2,1-2H3,(H,42,43)(H3,36,37,38,39,40,41,44). The molecule has 0 aliphatic heterocycles. The Morgan fingerprint density at radius 2 is 1.51 bits per heavy atom. The summed E-state index contributed by atoms with van der Waals surface area (Å²) in [5, 5.41) is 21.3. The van der Waals surface area contributed by atoms with Crippen LogP contribution in [0.4, 0.5) is 28.1 Å². The SMILES string of the molecule is COc1ccccc1NC(=O)Nc1nc(Nc2ccccc2-c2ccccc2)nc(C(NCCC(=O)O)c2cccc(C)c2)n1. The van der Waals surface area contributed by atoms with E-state index < -0.39 is 18.0 Å². The number of nitrogens with one attached hydrogen (secondary N) is 4. The topological polar surface area (TPSA) is 150 Å². The number of ether oxygens (including phenoxy) is 1. The summed E-state index contributed by atoms with van der Waals surface area (Å²) < 4.78 is 5.35. The van der Waals surface area contributed by atoms with Gasteiger partial charge in [0.15, 0.2) is 5.82 Å². The van der Waals surface area contributed by atoms with Gasteiger partial charge in [0.2, 0.25) is 11.9 Å². The number of hydrogen-bond donors (Lipinski definition) is 5. The van der Waals surface area contributed by atoms with E-state index in [9.17, 15) is 14.7 Å². The van der Waals surface area contributed by atoms with Crippen molar-refractivity contribution in [3.8, 4) is 16.9 Å². The highest BCUT2D eigenvalue weighted by Gasteiger charge is 2.21. The van der Waals surface area contributed by atoms with E-state index in [0.717, 1.165) is 27.9 Å². The highest BCUT2D eigenvalue weighted by Crippen LogP contribution is 2.30. The molecule has 1 unspecified atom stereocenters. The van der Waals surface area contributed by atoms with Crippen molar-refractivity contribution in [1.82, 2.24) is 20.3 Å². The average Bonchev–Trinajstić information content (AvgIpc) is 3.04. The molecule has 0 saturated carbocycles. The third-order valence-electron chi connectivity index (χ3n) is 6.81. The van der Waals surface area contributed by atoms with Crippen molar-refractivity contribution in [2.24, 2.45) is 0 Å². The Balaban J connectivity index is 1.54. The highest BCUT2D eigenvalue weighted by molar-refractivity contribution is 5.99. The lowest BCUT2D eigenvalue weighted by atomic mass is 10.0. The third-order valence-corrected chi connectivity index (χ3v) is 6.81. The number of aliphatic carboxylic acids is 1. The minimum Gasteiger partial charge on any atom is -0.495 e. The van der Waals surface area contributed by atoms with Crippen LogP contribution in [0.3, 0.4) is 0 Å². The van der Waals surface area contributed by atoms with Gasteiger partial charge in [0.1, 0.15) is 5.75 Å². The monoisotopic (exact) mass is 603 g/mol. The number of aryl methyl sites for hydroxylation is 1. The van der Waals surface area contributed by atoms with Crippen LogP contribution in [0, 0.1) is 6.92 Å². The minimum atomic E-state index is -0.934. The molecule has 0 fully saturated rings. The van der Waals surface area contributed by atoms with Crippen molar-refractivity contribution in [3.05, 3.63) is 120 Å². The number of hydrogen-bond acceptors (Lipinski definition) is 8. The lowest BCUT2D eigenvalue weighted by Gasteiger charge is -2.20. The van der Waals surface area contributed by atoms with Gasteiger partial charge in [-0.3, -0.25) is 10.1 Å². The quantitative estimate of drug-likeness (QED) is 0.109. The van der Waals surface area contributed by atoms with E-state index in [-0.39, 0.29) is 30.7 Å². The Kier molecular flexibility index (Phi) is 9.93. The zero-order valence-electron chi connectivity index (χ0n) is 24.8. The van der Waals surface area contributed by atoms with Crippen LogP contribution in [-0.4, -0.2) is 45.7 Å². The molecule has 5 N–H and O–H groups in total. The molecule has 0 radical (unpaired) electrons. The third kappa shape index (κ3) is 8.18. The fourth-order valence-corrected chi connectivity index (χ4v) is 4.75. The Morgan fingerprint density at radius 3 is 2.27 bits per heavy atom. The fraction of sp³-hybridized carbons (Fsp3) is 0.147. The first-order valence-electron chi connectivity index (χ1n) is 14.3. The van der Waals surface area contributed by atoms with Gasteiger partial charge in [0.25, 0.3) is 0 Å². The average molecular weight is 604 g/mol. The van der Waals surface area contributed by atoms with Gasteiger partial charge in [-0.25, -0.2) is 4.79 Å². The van der Waals surface area contributed by atoms with Crippen molar-refractivity contribution in [3.63, 3.8) is 0 Å². The number of amides is 2. The van der Waals surface area contributed by atoms with Gasteiger partial charge in [-0.1, -0.05) is 90.5 Å². The molecule has 228 valence electrons. The van der Waals surface area contributed by atoms with Crippen molar-refractivity contribution in [1.29, 1.82) is 0 Å². The molecular formula is C34H33N7O4. The van der Waals surface area contributed by atoms with Crippen molar-refractivity contribution in [2.75, 3.05) is 29.6 Å². The Morgan fingerprint density at radius 1 is 0.800 bits per heavy atom. The molecule has 5 aromatic rings. The molecule has 4 aromatic carbocycles. The molecule has 5 rings (SSSR count).